The van der Waals surface area contributed by atoms with Crippen molar-refractivity contribution in [3.05, 3.63) is 48.3 Å². The first-order valence-electron chi connectivity index (χ1n) is 9.15. The Bertz CT molecular complexity index is 697. The van der Waals surface area contributed by atoms with E-state index in [2.05, 4.69) is 16.9 Å². The van der Waals surface area contributed by atoms with E-state index in [1.807, 2.05) is 36.5 Å². The molecule has 0 bridgehead atoms. The van der Waals surface area contributed by atoms with Crippen molar-refractivity contribution in [3.8, 4) is 5.69 Å². The molecule has 4 nitrogen and oxygen atoms in total. The minimum Gasteiger partial charge on any atom is -0.333 e. The van der Waals surface area contributed by atoms with Crippen LogP contribution in [0.1, 0.15) is 55.8 Å². The Morgan fingerprint density at radius 2 is 1.67 bits per heavy atom. The van der Waals surface area contributed by atoms with E-state index in [9.17, 15) is 4.79 Å². The Morgan fingerprint density at radius 1 is 1.04 bits per heavy atom. The normalized spacial score (nSPS) is 23.9. The van der Waals surface area contributed by atoms with Crippen LogP contribution in [0.15, 0.2) is 42.7 Å². The highest BCUT2D eigenvalue weighted by Crippen LogP contribution is 2.36. The summed E-state index contributed by atoms with van der Waals surface area (Å²) in [7, 11) is 0. The second kappa shape index (κ2) is 6.42. The molecule has 2 aliphatic carbocycles. The van der Waals surface area contributed by atoms with Crippen LogP contribution in [0.5, 0.6) is 0 Å². The van der Waals surface area contributed by atoms with Crippen molar-refractivity contribution in [1.82, 2.24) is 14.7 Å². The van der Waals surface area contributed by atoms with Gasteiger partial charge in [0.15, 0.2) is 0 Å². The standard InChI is InChI=1S/C20H25N3O/c1-15-7-9-18(10-8-15)23(19-11-12-19)20(24)16-13-21-22(14-16)17-5-3-2-4-6-17/h2-6,13-15,18-19H,7-12H2,1H3. The number of nitrogens with zero attached hydrogens (tertiary/aromatic N) is 3. The van der Waals surface area contributed by atoms with E-state index >= 15 is 0 Å². The smallest absolute Gasteiger partial charge is 0.257 e. The summed E-state index contributed by atoms with van der Waals surface area (Å²) in [5.74, 6) is 0.970. The molecule has 0 radical (unpaired) electrons. The maximum absolute atomic E-state index is 13.1. The van der Waals surface area contributed by atoms with Crippen LogP contribution < -0.4 is 0 Å². The van der Waals surface area contributed by atoms with Gasteiger partial charge in [-0.3, -0.25) is 4.79 Å². The molecule has 1 aromatic carbocycles. The maximum atomic E-state index is 13.1. The van der Waals surface area contributed by atoms with Crippen LogP contribution >= 0.6 is 0 Å². The van der Waals surface area contributed by atoms with E-state index in [-0.39, 0.29) is 5.91 Å². The summed E-state index contributed by atoms with van der Waals surface area (Å²) in [6.07, 6.45) is 10.7. The SMILES string of the molecule is CC1CCC(N(C(=O)c2cnn(-c3ccccc3)c2)C2CC2)CC1. The third kappa shape index (κ3) is 3.10. The summed E-state index contributed by atoms with van der Waals surface area (Å²) in [6, 6.07) is 10.8. The van der Waals surface area contributed by atoms with Crippen LogP contribution in [-0.2, 0) is 0 Å². The molecule has 24 heavy (non-hydrogen) atoms. The highest BCUT2D eigenvalue weighted by atomic mass is 16.2. The molecule has 4 heteroatoms. The highest BCUT2D eigenvalue weighted by Gasteiger charge is 2.39. The number of hydrogen-bond donors (Lipinski definition) is 0. The summed E-state index contributed by atoms with van der Waals surface area (Å²) >= 11 is 0. The number of para-hydroxylation sites is 1. The van der Waals surface area contributed by atoms with Gasteiger partial charge >= 0.3 is 0 Å². The van der Waals surface area contributed by atoms with Gasteiger partial charge in [0, 0.05) is 18.3 Å². The van der Waals surface area contributed by atoms with E-state index in [1.165, 1.54) is 12.8 Å². The van der Waals surface area contributed by atoms with Crippen molar-refractivity contribution in [2.24, 2.45) is 5.92 Å². The predicted octanol–water partition coefficient (Wildman–Crippen LogP) is 4.06. The lowest BCUT2D eigenvalue weighted by Crippen LogP contribution is -2.43. The molecule has 0 saturated heterocycles. The van der Waals surface area contributed by atoms with Crippen molar-refractivity contribution in [2.75, 3.05) is 0 Å². The monoisotopic (exact) mass is 323 g/mol. The van der Waals surface area contributed by atoms with Crippen LogP contribution in [0.3, 0.4) is 0 Å². The summed E-state index contributed by atoms with van der Waals surface area (Å²) < 4.78 is 1.79. The third-order valence-corrected chi connectivity index (χ3v) is 5.40. The first kappa shape index (κ1) is 15.4. The fourth-order valence-electron chi connectivity index (χ4n) is 3.81. The zero-order valence-electron chi connectivity index (χ0n) is 14.3. The number of benzene rings is 1. The van der Waals surface area contributed by atoms with Gasteiger partial charge in [0.1, 0.15) is 0 Å². The topological polar surface area (TPSA) is 38.1 Å². The van der Waals surface area contributed by atoms with E-state index in [0.29, 0.717) is 17.6 Å². The number of carbonyl (C=O) groups is 1. The molecule has 1 heterocycles. The van der Waals surface area contributed by atoms with E-state index in [4.69, 9.17) is 0 Å². The van der Waals surface area contributed by atoms with Crippen molar-refractivity contribution in [1.29, 1.82) is 0 Å². The van der Waals surface area contributed by atoms with Crippen LogP contribution in [0.4, 0.5) is 0 Å². The molecule has 4 rings (SSSR count). The van der Waals surface area contributed by atoms with Gasteiger partial charge in [0.05, 0.1) is 17.4 Å². The van der Waals surface area contributed by atoms with Crippen LogP contribution in [0, 0.1) is 5.92 Å². The second-order valence-electron chi connectivity index (χ2n) is 7.37. The quantitative estimate of drug-likeness (QED) is 0.851. The van der Waals surface area contributed by atoms with Crippen molar-refractivity contribution < 1.29 is 4.79 Å². The minimum absolute atomic E-state index is 0.166. The highest BCUT2D eigenvalue weighted by molar-refractivity contribution is 5.94. The summed E-state index contributed by atoms with van der Waals surface area (Å²) in [4.78, 5) is 15.3. The average molecular weight is 323 g/mol. The molecule has 1 amide bonds. The second-order valence-corrected chi connectivity index (χ2v) is 7.37. The van der Waals surface area contributed by atoms with E-state index < -0.39 is 0 Å². The van der Waals surface area contributed by atoms with E-state index in [1.54, 1.807) is 10.9 Å². The van der Waals surface area contributed by atoms with Crippen LogP contribution in [-0.4, -0.2) is 32.7 Å². The molecule has 0 unspecified atom stereocenters. The molecular weight excluding hydrogens is 298 g/mol. The molecule has 126 valence electrons. The lowest BCUT2D eigenvalue weighted by atomic mass is 9.86. The number of hydrogen-bond acceptors (Lipinski definition) is 2. The Balaban J connectivity index is 1.54. The molecule has 2 aromatic rings. The van der Waals surface area contributed by atoms with Crippen LogP contribution in [0.25, 0.3) is 5.69 Å². The van der Waals surface area contributed by atoms with E-state index in [0.717, 1.165) is 37.3 Å². The van der Waals surface area contributed by atoms with Gasteiger partial charge < -0.3 is 4.90 Å². The Morgan fingerprint density at radius 3 is 2.29 bits per heavy atom. The van der Waals surface area contributed by atoms with Crippen LogP contribution in [0.2, 0.25) is 0 Å². The molecule has 2 saturated carbocycles. The number of amides is 1. The predicted molar refractivity (Wildman–Crippen MR) is 94.2 cm³/mol. The molecule has 0 N–H and O–H groups in total. The lowest BCUT2D eigenvalue weighted by molar-refractivity contribution is 0.0593. The molecule has 1 aromatic heterocycles. The lowest BCUT2D eigenvalue weighted by Gasteiger charge is -2.36. The van der Waals surface area contributed by atoms with Gasteiger partial charge in [-0.15, -0.1) is 0 Å². The van der Waals surface area contributed by atoms with Gasteiger partial charge in [0.25, 0.3) is 5.91 Å². The fourth-order valence-corrected chi connectivity index (χ4v) is 3.81. The first-order valence-corrected chi connectivity index (χ1v) is 9.15. The molecule has 2 fully saturated rings. The zero-order valence-corrected chi connectivity index (χ0v) is 14.3. The molecule has 0 aliphatic heterocycles. The summed E-state index contributed by atoms with van der Waals surface area (Å²) in [6.45, 7) is 2.32. The molecular formula is C20H25N3O. The number of rotatable bonds is 4. The Kier molecular flexibility index (Phi) is 4.13. The first-order chi connectivity index (χ1) is 11.7. The van der Waals surface area contributed by atoms with Gasteiger partial charge in [-0.25, -0.2) is 4.68 Å². The van der Waals surface area contributed by atoms with Gasteiger partial charge in [-0.05, 0) is 56.6 Å². The number of carbonyl (C=O) groups excluding carboxylic acids is 1. The van der Waals surface area contributed by atoms with Gasteiger partial charge in [-0.2, -0.15) is 5.10 Å². The average Bonchev–Trinajstić information content (AvgIpc) is 3.32. The van der Waals surface area contributed by atoms with Crippen molar-refractivity contribution >= 4 is 5.91 Å². The third-order valence-electron chi connectivity index (χ3n) is 5.40. The summed E-state index contributed by atoms with van der Waals surface area (Å²) in [5.41, 5.74) is 1.70. The van der Waals surface area contributed by atoms with Gasteiger partial charge in [-0.1, -0.05) is 25.1 Å². The Hall–Kier alpha value is -2.10. The van der Waals surface area contributed by atoms with Crippen molar-refractivity contribution in [2.45, 2.75) is 57.5 Å². The zero-order chi connectivity index (χ0) is 16.5. The largest absolute Gasteiger partial charge is 0.333 e. The maximum Gasteiger partial charge on any atom is 0.257 e. The Labute approximate surface area is 143 Å². The fraction of sp³-hybridized carbons (Fsp3) is 0.500. The minimum atomic E-state index is 0.166. The van der Waals surface area contributed by atoms with Crippen molar-refractivity contribution in [3.63, 3.8) is 0 Å². The number of aromatic nitrogens is 2. The summed E-state index contributed by atoms with van der Waals surface area (Å²) in [5, 5.41) is 4.40. The molecule has 2 aliphatic rings. The van der Waals surface area contributed by atoms with Gasteiger partial charge in [0.2, 0.25) is 0 Å². The molecule has 0 atom stereocenters. The molecule has 0 spiro atoms.